The van der Waals surface area contributed by atoms with Crippen molar-refractivity contribution >= 4 is 33.5 Å². The van der Waals surface area contributed by atoms with Crippen LogP contribution in [-0.4, -0.2) is 58.4 Å². The highest BCUT2D eigenvalue weighted by atomic mass is 79.9. The van der Waals surface area contributed by atoms with E-state index in [-0.39, 0.29) is 5.91 Å². The molecule has 1 N–H and O–H groups in total. The molecule has 1 aromatic carbocycles. The fourth-order valence-electron chi connectivity index (χ4n) is 2.62. The van der Waals surface area contributed by atoms with Crippen LogP contribution in [0.25, 0.3) is 0 Å². The van der Waals surface area contributed by atoms with Gasteiger partial charge in [-0.3, -0.25) is 4.79 Å². The Balaban J connectivity index is 1.61. The van der Waals surface area contributed by atoms with Crippen molar-refractivity contribution < 1.29 is 4.79 Å². The van der Waals surface area contributed by atoms with Gasteiger partial charge in [0.25, 0.3) is 5.91 Å². The van der Waals surface area contributed by atoms with Gasteiger partial charge in [0.15, 0.2) is 0 Å². The molecule has 1 aromatic heterocycles. The van der Waals surface area contributed by atoms with Crippen LogP contribution in [0, 0.1) is 0 Å². The molecule has 0 unspecified atom stereocenters. The number of piperazine rings is 1. The number of nitrogens with one attached hydrogen (secondary N) is 1. The summed E-state index contributed by atoms with van der Waals surface area (Å²) in [4.78, 5) is 25.2. The topological polar surface area (TPSA) is 61.4 Å². The highest BCUT2D eigenvalue weighted by Crippen LogP contribution is 2.17. The van der Waals surface area contributed by atoms with E-state index in [4.69, 9.17) is 0 Å². The molecule has 3 rings (SSSR count). The average molecular weight is 390 g/mol. The molecule has 7 heteroatoms. The fraction of sp³-hybridized carbons (Fsp3) is 0.353. The van der Waals surface area contributed by atoms with Gasteiger partial charge in [-0.1, -0.05) is 22.9 Å². The van der Waals surface area contributed by atoms with Crippen molar-refractivity contribution in [2.45, 2.75) is 6.92 Å². The number of carbonyl (C=O) groups excluding carboxylic acids is 1. The molecular weight excluding hydrogens is 370 g/mol. The van der Waals surface area contributed by atoms with Gasteiger partial charge >= 0.3 is 0 Å². The standard InChI is InChI=1S/C17H20BrN5O/c1-2-22-7-9-23(10-8-22)16(24)13-11-19-17(20-12-13)21-15-5-3-14(18)4-6-15/h3-6,11-12H,2,7-10H2,1H3,(H,19,20,21). The molecule has 24 heavy (non-hydrogen) atoms. The third-order valence-electron chi connectivity index (χ3n) is 4.11. The minimum Gasteiger partial charge on any atom is -0.336 e. The van der Waals surface area contributed by atoms with E-state index in [1.165, 1.54) is 0 Å². The summed E-state index contributed by atoms with van der Waals surface area (Å²) in [5, 5.41) is 3.12. The van der Waals surface area contributed by atoms with E-state index >= 15 is 0 Å². The number of amides is 1. The van der Waals surface area contributed by atoms with Crippen LogP contribution in [-0.2, 0) is 0 Å². The second-order valence-electron chi connectivity index (χ2n) is 5.65. The fourth-order valence-corrected chi connectivity index (χ4v) is 2.88. The van der Waals surface area contributed by atoms with Crippen molar-refractivity contribution in [3.05, 3.63) is 46.7 Å². The van der Waals surface area contributed by atoms with Gasteiger partial charge in [0.2, 0.25) is 5.95 Å². The largest absolute Gasteiger partial charge is 0.336 e. The number of carbonyl (C=O) groups is 1. The van der Waals surface area contributed by atoms with Gasteiger partial charge in [0.1, 0.15) is 0 Å². The second-order valence-corrected chi connectivity index (χ2v) is 6.57. The number of anilines is 2. The lowest BCUT2D eigenvalue weighted by Crippen LogP contribution is -2.48. The molecule has 0 atom stereocenters. The van der Waals surface area contributed by atoms with E-state index in [0.29, 0.717) is 11.5 Å². The van der Waals surface area contributed by atoms with Gasteiger partial charge in [-0.25, -0.2) is 9.97 Å². The van der Waals surface area contributed by atoms with Gasteiger partial charge in [0.05, 0.1) is 5.56 Å². The van der Waals surface area contributed by atoms with Crippen molar-refractivity contribution in [3.8, 4) is 0 Å². The van der Waals surface area contributed by atoms with Crippen molar-refractivity contribution in [1.82, 2.24) is 19.8 Å². The Bertz CT molecular complexity index is 681. The van der Waals surface area contributed by atoms with Crippen LogP contribution in [0.15, 0.2) is 41.1 Å². The number of rotatable bonds is 4. The number of benzene rings is 1. The predicted octanol–water partition coefficient (Wildman–Crippen LogP) is 2.76. The Morgan fingerprint density at radius 1 is 1.12 bits per heavy atom. The summed E-state index contributed by atoms with van der Waals surface area (Å²) in [5.41, 5.74) is 1.43. The van der Waals surface area contributed by atoms with E-state index in [0.717, 1.165) is 42.9 Å². The van der Waals surface area contributed by atoms with E-state index < -0.39 is 0 Å². The summed E-state index contributed by atoms with van der Waals surface area (Å²) in [6, 6.07) is 7.74. The lowest BCUT2D eigenvalue weighted by Gasteiger charge is -2.33. The highest BCUT2D eigenvalue weighted by Gasteiger charge is 2.21. The highest BCUT2D eigenvalue weighted by molar-refractivity contribution is 9.10. The third-order valence-corrected chi connectivity index (χ3v) is 4.63. The summed E-state index contributed by atoms with van der Waals surface area (Å²) in [7, 11) is 0. The maximum Gasteiger partial charge on any atom is 0.257 e. The number of halogens is 1. The van der Waals surface area contributed by atoms with Crippen LogP contribution in [0.4, 0.5) is 11.6 Å². The van der Waals surface area contributed by atoms with E-state index in [2.05, 4.69) is 43.0 Å². The van der Waals surface area contributed by atoms with E-state index in [9.17, 15) is 4.79 Å². The van der Waals surface area contributed by atoms with Crippen LogP contribution in [0.5, 0.6) is 0 Å². The zero-order valence-electron chi connectivity index (χ0n) is 13.6. The van der Waals surface area contributed by atoms with Gasteiger partial charge in [-0.15, -0.1) is 0 Å². The molecule has 1 fully saturated rings. The summed E-state index contributed by atoms with van der Waals surface area (Å²) < 4.78 is 1.01. The molecule has 1 aliphatic rings. The quantitative estimate of drug-likeness (QED) is 0.870. The van der Waals surface area contributed by atoms with Crippen LogP contribution >= 0.6 is 15.9 Å². The molecule has 1 amide bonds. The van der Waals surface area contributed by atoms with Crippen molar-refractivity contribution in [3.63, 3.8) is 0 Å². The van der Waals surface area contributed by atoms with Crippen LogP contribution in [0.3, 0.4) is 0 Å². The molecule has 6 nitrogen and oxygen atoms in total. The molecule has 0 spiro atoms. The normalized spacial score (nSPS) is 15.3. The molecule has 126 valence electrons. The zero-order valence-corrected chi connectivity index (χ0v) is 15.2. The smallest absolute Gasteiger partial charge is 0.257 e. The first kappa shape index (κ1) is 16.9. The van der Waals surface area contributed by atoms with Gasteiger partial charge in [-0.2, -0.15) is 0 Å². The summed E-state index contributed by atoms with van der Waals surface area (Å²) in [5.74, 6) is 0.477. The minimum atomic E-state index is 0.000875. The van der Waals surface area contributed by atoms with E-state index in [1.807, 2.05) is 29.2 Å². The first-order chi connectivity index (χ1) is 11.7. The monoisotopic (exact) mass is 389 g/mol. The number of hydrogen-bond acceptors (Lipinski definition) is 5. The molecule has 0 aliphatic carbocycles. The summed E-state index contributed by atoms with van der Waals surface area (Å²) in [6.07, 6.45) is 3.17. The molecule has 0 radical (unpaired) electrons. The molecule has 2 aromatic rings. The van der Waals surface area contributed by atoms with E-state index in [1.54, 1.807) is 12.4 Å². The lowest BCUT2D eigenvalue weighted by atomic mass is 10.2. The molecular formula is C17H20BrN5O. The van der Waals surface area contributed by atoms with Crippen molar-refractivity contribution in [2.24, 2.45) is 0 Å². The molecule has 1 aliphatic heterocycles. The SMILES string of the molecule is CCN1CCN(C(=O)c2cnc(Nc3ccc(Br)cc3)nc2)CC1. The average Bonchev–Trinajstić information content (AvgIpc) is 2.64. The Labute approximate surface area is 150 Å². The van der Waals surface area contributed by atoms with Crippen LogP contribution in [0.1, 0.15) is 17.3 Å². The van der Waals surface area contributed by atoms with Gasteiger partial charge in [0, 0.05) is 48.7 Å². The predicted molar refractivity (Wildman–Crippen MR) is 97.5 cm³/mol. The number of aromatic nitrogens is 2. The maximum atomic E-state index is 12.5. The molecule has 1 saturated heterocycles. The van der Waals surface area contributed by atoms with Crippen LogP contribution < -0.4 is 5.32 Å². The Morgan fingerprint density at radius 2 is 1.75 bits per heavy atom. The molecule has 2 heterocycles. The number of nitrogens with zero attached hydrogens (tertiary/aromatic N) is 4. The number of likely N-dealkylation sites (N-methyl/N-ethyl adjacent to an activating group) is 1. The first-order valence-electron chi connectivity index (χ1n) is 8.02. The third kappa shape index (κ3) is 4.10. The summed E-state index contributed by atoms with van der Waals surface area (Å²) >= 11 is 3.40. The lowest BCUT2D eigenvalue weighted by molar-refractivity contribution is 0.0642. The Hall–Kier alpha value is -1.99. The second kappa shape index (κ2) is 7.72. The Morgan fingerprint density at radius 3 is 2.33 bits per heavy atom. The van der Waals surface area contributed by atoms with Crippen molar-refractivity contribution in [2.75, 3.05) is 38.0 Å². The first-order valence-corrected chi connectivity index (χ1v) is 8.81. The summed E-state index contributed by atoms with van der Waals surface area (Å²) in [6.45, 7) is 6.53. The number of hydrogen-bond donors (Lipinski definition) is 1. The maximum absolute atomic E-state index is 12.5. The Kier molecular flexibility index (Phi) is 5.42. The van der Waals surface area contributed by atoms with Gasteiger partial charge < -0.3 is 15.1 Å². The van der Waals surface area contributed by atoms with Crippen LogP contribution in [0.2, 0.25) is 0 Å². The minimum absolute atomic E-state index is 0.000875. The van der Waals surface area contributed by atoms with Gasteiger partial charge in [-0.05, 0) is 30.8 Å². The van der Waals surface area contributed by atoms with Crippen molar-refractivity contribution in [1.29, 1.82) is 0 Å². The molecule has 0 bridgehead atoms. The molecule has 0 saturated carbocycles. The zero-order chi connectivity index (χ0) is 16.9.